The molecular formula is C27H34N2O3S. The van der Waals surface area contributed by atoms with E-state index < -0.39 is 10.0 Å². The van der Waals surface area contributed by atoms with Crippen molar-refractivity contribution in [2.45, 2.75) is 81.2 Å². The number of sulfonamides is 1. The lowest BCUT2D eigenvalue weighted by Gasteiger charge is -2.42. The number of aryl methyl sites for hydroxylation is 2. The molecule has 4 aliphatic rings. The highest BCUT2D eigenvalue weighted by Gasteiger charge is 2.44. The molecule has 0 amide bonds. The molecule has 2 aromatic rings. The molecule has 1 saturated heterocycles. The summed E-state index contributed by atoms with van der Waals surface area (Å²) in [6.45, 7) is 0.754. The van der Waals surface area contributed by atoms with Crippen LogP contribution >= 0.6 is 0 Å². The normalized spacial score (nSPS) is 27.2. The number of fused-ring (bicyclic) bond motifs is 4. The van der Waals surface area contributed by atoms with Gasteiger partial charge in [-0.2, -0.15) is 0 Å². The zero-order chi connectivity index (χ0) is 22.4. The van der Waals surface area contributed by atoms with E-state index in [9.17, 15) is 8.42 Å². The van der Waals surface area contributed by atoms with Crippen LogP contribution in [0.15, 0.2) is 41.3 Å². The second-order valence-corrected chi connectivity index (χ2v) is 12.0. The van der Waals surface area contributed by atoms with E-state index in [1.807, 2.05) is 24.3 Å². The van der Waals surface area contributed by atoms with Crippen molar-refractivity contribution in [2.75, 3.05) is 16.6 Å². The van der Waals surface area contributed by atoms with E-state index in [0.29, 0.717) is 28.5 Å². The van der Waals surface area contributed by atoms with Crippen LogP contribution in [-0.2, 0) is 27.6 Å². The van der Waals surface area contributed by atoms with Crippen molar-refractivity contribution in [3.8, 4) is 0 Å². The minimum atomic E-state index is -3.67. The molecule has 5 nitrogen and oxygen atoms in total. The number of benzene rings is 2. The standard InChI is InChI=1S/C27H34N2O3S/c30-33(31,29-21-11-10-18-6-4-5-9-20(18)16-21)22-12-13-25-24(17-22)27-23(14-15-32-27)26(28-25)19-7-2-1-3-8-19/h10-13,16-17,19,23,26-29H,1-9,14-15H2. The molecule has 2 heterocycles. The number of nitrogens with one attached hydrogen (secondary N) is 2. The Hall–Kier alpha value is -2.05. The molecule has 176 valence electrons. The van der Waals surface area contributed by atoms with Crippen LogP contribution in [0, 0.1) is 11.8 Å². The van der Waals surface area contributed by atoms with Crippen LogP contribution < -0.4 is 10.0 Å². The Labute approximate surface area is 197 Å². The van der Waals surface area contributed by atoms with Gasteiger partial charge in [0.1, 0.15) is 0 Å². The van der Waals surface area contributed by atoms with Crippen LogP contribution in [0.3, 0.4) is 0 Å². The molecule has 0 bridgehead atoms. The number of hydrogen-bond acceptors (Lipinski definition) is 4. The van der Waals surface area contributed by atoms with Gasteiger partial charge in [-0.15, -0.1) is 0 Å². The van der Waals surface area contributed by atoms with Crippen LogP contribution in [0.2, 0.25) is 0 Å². The molecule has 3 unspecified atom stereocenters. The summed E-state index contributed by atoms with van der Waals surface area (Å²) < 4.78 is 35.6. The predicted octanol–water partition coefficient (Wildman–Crippen LogP) is 5.82. The third kappa shape index (κ3) is 4.06. The first-order valence-corrected chi connectivity index (χ1v) is 14.2. The number of anilines is 2. The average Bonchev–Trinajstić information content (AvgIpc) is 3.34. The highest BCUT2D eigenvalue weighted by atomic mass is 32.2. The molecule has 33 heavy (non-hydrogen) atoms. The zero-order valence-electron chi connectivity index (χ0n) is 19.2. The number of rotatable bonds is 4. The van der Waals surface area contributed by atoms with Crippen molar-refractivity contribution >= 4 is 21.4 Å². The van der Waals surface area contributed by atoms with Gasteiger partial charge in [-0.1, -0.05) is 25.3 Å². The first kappa shape index (κ1) is 21.5. The second-order valence-electron chi connectivity index (χ2n) is 10.4. The summed E-state index contributed by atoms with van der Waals surface area (Å²) in [4.78, 5) is 0.311. The van der Waals surface area contributed by atoms with Crippen LogP contribution in [-0.4, -0.2) is 21.1 Å². The third-order valence-electron chi connectivity index (χ3n) is 8.32. The fourth-order valence-electron chi connectivity index (χ4n) is 6.63. The van der Waals surface area contributed by atoms with E-state index in [4.69, 9.17) is 4.74 Å². The minimum absolute atomic E-state index is 0.00734. The molecule has 1 saturated carbocycles. The lowest BCUT2D eigenvalue weighted by atomic mass is 9.73. The van der Waals surface area contributed by atoms with Crippen molar-refractivity contribution in [3.63, 3.8) is 0 Å². The lowest BCUT2D eigenvalue weighted by Crippen LogP contribution is -2.42. The van der Waals surface area contributed by atoms with Crippen LogP contribution in [0.5, 0.6) is 0 Å². The Morgan fingerprint density at radius 3 is 2.55 bits per heavy atom. The average molecular weight is 467 g/mol. The van der Waals surface area contributed by atoms with Gasteiger partial charge >= 0.3 is 0 Å². The fraction of sp³-hybridized carbons (Fsp3) is 0.556. The van der Waals surface area contributed by atoms with E-state index in [1.54, 1.807) is 6.07 Å². The van der Waals surface area contributed by atoms with E-state index in [0.717, 1.165) is 37.1 Å². The van der Waals surface area contributed by atoms with Crippen molar-refractivity contribution < 1.29 is 13.2 Å². The van der Waals surface area contributed by atoms with Crippen LogP contribution in [0.1, 0.15) is 74.2 Å². The highest BCUT2D eigenvalue weighted by molar-refractivity contribution is 7.92. The van der Waals surface area contributed by atoms with Gasteiger partial charge in [-0.25, -0.2) is 8.42 Å². The molecular weight excluding hydrogens is 432 g/mol. The van der Waals surface area contributed by atoms with Crippen molar-refractivity contribution in [2.24, 2.45) is 11.8 Å². The Bertz CT molecular complexity index is 1140. The smallest absolute Gasteiger partial charge is 0.261 e. The molecule has 2 fully saturated rings. The monoisotopic (exact) mass is 466 g/mol. The topological polar surface area (TPSA) is 67.4 Å². The Morgan fingerprint density at radius 1 is 0.879 bits per heavy atom. The van der Waals surface area contributed by atoms with Gasteiger partial charge in [0.05, 0.1) is 11.0 Å². The van der Waals surface area contributed by atoms with Gasteiger partial charge < -0.3 is 10.1 Å². The largest absolute Gasteiger partial charge is 0.381 e. The summed E-state index contributed by atoms with van der Waals surface area (Å²) in [6, 6.07) is 11.9. The van der Waals surface area contributed by atoms with E-state index in [1.165, 1.54) is 56.1 Å². The summed E-state index contributed by atoms with van der Waals surface area (Å²) in [7, 11) is -3.67. The SMILES string of the molecule is O=S(=O)(Nc1ccc2c(c1)CCCC2)c1ccc2c(c1)C1OCCC1C(C1CCCCC1)N2. The van der Waals surface area contributed by atoms with Gasteiger partial charge in [0.2, 0.25) is 0 Å². The molecule has 2 aromatic carbocycles. The number of hydrogen-bond donors (Lipinski definition) is 2. The van der Waals surface area contributed by atoms with Crippen molar-refractivity contribution in [3.05, 3.63) is 53.1 Å². The molecule has 3 atom stereocenters. The van der Waals surface area contributed by atoms with E-state index >= 15 is 0 Å². The maximum atomic E-state index is 13.3. The van der Waals surface area contributed by atoms with Gasteiger partial charge in [0, 0.05) is 35.5 Å². The summed E-state index contributed by atoms with van der Waals surface area (Å²) in [5, 5.41) is 3.81. The van der Waals surface area contributed by atoms with Gasteiger partial charge in [0.15, 0.2) is 0 Å². The molecule has 2 N–H and O–H groups in total. The van der Waals surface area contributed by atoms with Crippen LogP contribution in [0.4, 0.5) is 11.4 Å². The molecule has 0 radical (unpaired) electrons. The summed E-state index contributed by atoms with van der Waals surface area (Å²) in [6.07, 6.45) is 12.1. The molecule has 2 aliphatic heterocycles. The summed E-state index contributed by atoms with van der Waals surface area (Å²) >= 11 is 0. The van der Waals surface area contributed by atoms with Crippen molar-refractivity contribution in [1.82, 2.24) is 0 Å². The van der Waals surface area contributed by atoms with E-state index in [-0.39, 0.29) is 6.10 Å². The fourth-order valence-corrected chi connectivity index (χ4v) is 7.71. The maximum absolute atomic E-state index is 13.3. The van der Waals surface area contributed by atoms with Gasteiger partial charge in [-0.05, 0) is 92.3 Å². The quantitative estimate of drug-likeness (QED) is 0.596. The Kier molecular flexibility index (Phi) is 5.61. The predicted molar refractivity (Wildman–Crippen MR) is 131 cm³/mol. The van der Waals surface area contributed by atoms with Gasteiger partial charge in [-0.3, -0.25) is 4.72 Å². The maximum Gasteiger partial charge on any atom is 0.261 e. The molecule has 2 aliphatic carbocycles. The zero-order valence-corrected chi connectivity index (χ0v) is 20.0. The third-order valence-corrected chi connectivity index (χ3v) is 9.70. The summed E-state index contributed by atoms with van der Waals surface area (Å²) in [5.41, 5.74) is 5.31. The summed E-state index contributed by atoms with van der Waals surface area (Å²) in [5.74, 6) is 1.11. The highest BCUT2D eigenvalue weighted by Crippen LogP contribution is 2.48. The first-order valence-electron chi connectivity index (χ1n) is 12.8. The van der Waals surface area contributed by atoms with Gasteiger partial charge in [0.25, 0.3) is 10.0 Å². The molecule has 6 heteroatoms. The first-order chi connectivity index (χ1) is 16.1. The Balaban J connectivity index is 1.27. The van der Waals surface area contributed by atoms with E-state index in [2.05, 4.69) is 16.1 Å². The van der Waals surface area contributed by atoms with Crippen LogP contribution in [0.25, 0.3) is 0 Å². The molecule has 0 aromatic heterocycles. The second kappa shape index (κ2) is 8.62. The lowest BCUT2D eigenvalue weighted by molar-refractivity contribution is 0.0730. The van der Waals surface area contributed by atoms with Crippen molar-refractivity contribution in [1.29, 1.82) is 0 Å². The number of ether oxygens (including phenoxy) is 1. The Morgan fingerprint density at radius 2 is 1.70 bits per heavy atom. The minimum Gasteiger partial charge on any atom is -0.381 e. The molecule has 0 spiro atoms. The molecule has 6 rings (SSSR count).